The van der Waals surface area contributed by atoms with Crippen molar-refractivity contribution in [2.75, 3.05) is 19.8 Å². The first-order valence-electron chi connectivity index (χ1n) is 19.8. The minimum absolute atomic E-state index is 0.381. The summed E-state index contributed by atoms with van der Waals surface area (Å²) in [6.07, 6.45) is 37.2. The zero-order valence-corrected chi connectivity index (χ0v) is 33.0. The van der Waals surface area contributed by atoms with E-state index in [9.17, 15) is 20.4 Å². The number of unbranched alkanes of at least 4 members (excludes halogenated alkanes) is 26. The summed E-state index contributed by atoms with van der Waals surface area (Å²) in [5.41, 5.74) is -2.43. The van der Waals surface area contributed by atoms with Gasteiger partial charge in [0, 0.05) is 0 Å². The molecule has 0 radical (unpaired) electrons. The molecule has 48 heavy (non-hydrogen) atoms. The van der Waals surface area contributed by atoms with E-state index in [0.717, 1.165) is 25.7 Å². The Hall–Kier alpha value is 0.500. The lowest BCUT2D eigenvalue weighted by Gasteiger charge is -2.44. The highest BCUT2D eigenvalue weighted by atomic mass is 31.2. The van der Waals surface area contributed by atoms with Gasteiger partial charge in [0.05, 0.1) is 30.8 Å². The lowest BCUT2D eigenvalue weighted by Crippen LogP contribution is -2.55. The van der Waals surface area contributed by atoms with Crippen LogP contribution in [0.15, 0.2) is 0 Å². The van der Waals surface area contributed by atoms with Crippen LogP contribution in [0.3, 0.4) is 0 Å². The molecule has 0 aliphatic heterocycles. The van der Waals surface area contributed by atoms with Gasteiger partial charge in [-0.3, -0.25) is 0 Å². The Bertz CT molecular complexity index is 579. The summed E-state index contributed by atoms with van der Waals surface area (Å²) in [7, 11) is -5.22. The van der Waals surface area contributed by atoms with Gasteiger partial charge in [-0.2, -0.15) is 0 Å². The molecule has 0 saturated carbocycles. The van der Waals surface area contributed by atoms with Gasteiger partial charge >= 0.3 is 17.2 Å². The molecule has 0 bridgehead atoms. The van der Waals surface area contributed by atoms with E-state index in [2.05, 4.69) is 18.2 Å². The van der Waals surface area contributed by atoms with E-state index in [1.165, 1.54) is 154 Å². The van der Waals surface area contributed by atoms with Crippen LogP contribution < -0.4 is 0 Å². The molecule has 0 aromatic heterocycles. The first kappa shape index (κ1) is 50.6. The van der Waals surface area contributed by atoms with E-state index in [-0.39, 0.29) is 19.8 Å². The summed E-state index contributed by atoms with van der Waals surface area (Å²) in [5, 5.41) is 41.8. The Balaban J connectivity index is 0. The third-order valence-corrected chi connectivity index (χ3v) is 11.1. The summed E-state index contributed by atoms with van der Waals surface area (Å²) in [6.45, 7) is 3.40. The van der Waals surface area contributed by atoms with Gasteiger partial charge in [0.1, 0.15) is 0 Å². The van der Waals surface area contributed by atoms with Gasteiger partial charge in [-0.15, -0.1) is 0 Å². The second-order valence-electron chi connectivity index (χ2n) is 14.1. The number of aliphatic hydroxyl groups is 4. The Morgan fingerprint density at radius 3 is 0.750 bits per heavy atom. The van der Waals surface area contributed by atoms with E-state index in [1.807, 2.05) is 0 Å². The highest BCUT2D eigenvalue weighted by molar-refractivity contribution is 7.53. The Morgan fingerprint density at radius 2 is 0.583 bits per heavy atom. The Morgan fingerprint density at radius 1 is 0.375 bits per heavy atom. The minimum atomic E-state index is -2.61. The maximum atomic E-state index is 11.6. The summed E-state index contributed by atoms with van der Waals surface area (Å²) in [4.78, 5) is 31.3. The van der Waals surface area contributed by atoms with E-state index >= 15 is 0 Å². The van der Waals surface area contributed by atoms with Gasteiger partial charge in [0.2, 0.25) is 0 Å². The molecule has 0 amide bonds. The molecule has 0 aliphatic carbocycles. The minimum Gasteiger partial charge on any atom is -0.395 e. The highest BCUT2D eigenvalue weighted by Crippen LogP contribution is 2.42. The van der Waals surface area contributed by atoms with Crippen LogP contribution in [-0.4, -0.2) is 65.4 Å². The molecule has 0 aliphatic rings. The molecule has 0 rings (SSSR count). The van der Waals surface area contributed by atoms with Crippen LogP contribution >= 0.6 is 17.2 Å². The van der Waals surface area contributed by atoms with E-state index in [4.69, 9.17) is 19.6 Å². The monoisotopic (exact) mass is 731 g/mol. The van der Waals surface area contributed by atoms with Gasteiger partial charge in [0.15, 0.2) is 0 Å². The summed E-state index contributed by atoms with van der Waals surface area (Å²) < 4.78 is 3.60. The zero-order valence-electron chi connectivity index (χ0n) is 31.2. The summed E-state index contributed by atoms with van der Waals surface area (Å²) in [5.74, 6) is 0. The van der Waals surface area contributed by atoms with Crippen LogP contribution in [0.2, 0.25) is 0 Å². The van der Waals surface area contributed by atoms with Crippen molar-refractivity contribution in [3.63, 3.8) is 0 Å². The highest BCUT2D eigenvalue weighted by Gasteiger charge is 2.48. The topological polar surface area (TPSA) is 171 Å². The van der Waals surface area contributed by atoms with Crippen molar-refractivity contribution in [2.24, 2.45) is 5.41 Å². The van der Waals surface area contributed by atoms with Gasteiger partial charge < -0.3 is 40.0 Å². The average molecular weight is 731 g/mol. The molecular weight excluding hydrogens is 650 g/mol. The summed E-state index contributed by atoms with van der Waals surface area (Å²) in [6, 6.07) is 0. The molecule has 0 aromatic rings. The van der Waals surface area contributed by atoms with Gasteiger partial charge in [-0.05, 0) is 12.8 Å². The van der Waals surface area contributed by atoms with Crippen LogP contribution in [0.25, 0.3) is 0 Å². The molecule has 0 aromatic carbocycles. The number of hydrogen-bond donors (Lipinski definition) is 8. The van der Waals surface area contributed by atoms with Crippen LogP contribution in [0.1, 0.15) is 206 Å². The third kappa shape index (κ3) is 30.2. The lowest BCUT2D eigenvalue weighted by atomic mass is 9.68. The number of aliphatic hydroxyl groups excluding tert-OH is 3. The van der Waals surface area contributed by atoms with E-state index < -0.39 is 28.2 Å². The smallest absolute Gasteiger partial charge is 0.334 e. The van der Waals surface area contributed by atoms with Gasteiger partial charge in [-0.1, -0.05) is 194 Å². The lowest BCUT2D eigenvalue weighted by molar-refractivity contribution is -0.162. The quantitative estimate of drug-likeness (QED) is 0.0231. The molecule has 8 N–H and O–H groups in total. The van der Waals surface area contributed by atoms with Crippen LogP contribution in [0, 0.1) is 5.41 Å². The fourth-order valence-corrected chi connectivity index (χ4v) is 7.06. The Kier molecular flexibility index (Phi) is 39.3. The van der Waals surface area contributed by atoms with E-state index in [0.29, 0.717) is 12.8 Å². The SMILES string of the molecule is CCCCCCCCCCCCCCCCC(O)(CCCCCCCCCCCCCCCC)C(CO)(CO)CO.OP(O)OP(O)O. The normalized spacial score (nSPS) is 12.2. The fraction of sp³-hybridized carbons (Fsp3) is 1.00. The van der Waals surface area contributed by atoms with E-state index in [1.54, 1.807) is 0 Å². The van der Waals surface area contributed by atoms with Crippen molar-refractivity contribution in [3.8, 4) is 0 Å². The predicted molar refractivity (Wildman–Crippen MR) is 202 cm³/mol. The zero-order chi connectivity index (χ0) is 36.2. The van der Waals surface area contributed by atoms with Crippen molar-refractivity contribution in [1.82, 2.24) is 0 Å². The standard InChI is InChI=1S/C37H76O4.H4O5P2/c1-3-5-7-9-11-13-15-17-19-21-23-25-27-29-31-37(41,36(33-38,34-39)35-40)32-30-28-26-24-22-20-18-16-14-12-10-8-6-4-2;1-6(2)5-7(3)4/h38-41H,3-35H2,1-2H3;1-4H. The maximum Gasteiger partial charge on any atom is 0.334 e. The second kappa shape index (κ2) is 37.3. The molecule has 0 fully saturated rings. The first-order chi connectivity index (χ1) is 23.2. The molecule has 0 saturated heterocycles. The molecule has 11 heteroatoms. The second-order valence-corrected chi connectivity index (χ2v) is 15.7. The first-order valence-corrected chi connectivity index (χ1v) is 22.1. The number of rotatable bonds is 36. The molecular formula is C37H80O9P2. The van der Waals surface area contributed by atoms with Gasteiger partial charge in [-0.25, -0.2) is 4.31 Å². The van der Waals surface area contributed by atoms with Crippen molar-refractivity contribution in [1.29, 1.82) is 0 Å². The molecule has 0 unspecified atom stereocenters. The fourth-order valence-electron chi connectivity index (χ4n) is 6.54. The van der Waals surface area contributed by atoms with Crippen molar-refractivity contribution in [3.05, 3.63) is 0 Å². The molecule has 292 valence electrons. The van der Waals surface area contributed by atoms with Crippen molar-refractivity contribution >= 4 is 17.2 Å². The van der Waals surface area contributed by atoms with Crippen LogP contribution in [0.4, 0.5) is 0 Å². The molecule has 9 nitrogen and oxygen atoms in total. The maximum absolute atomic E-state index is 11.6. The van der Waals surface area contributed by atoms with Crippen LogP contribution in [-0.2, 0) is 4.31 Å². The average Bonchev–Trinajstić information content (AvgIpc) is 3.06. The van der Waals surface area contributed by atoms with Gasteiger partial charge in [0.25, 0.3) is 0 Å². The van der Waals surface area contributed by atoms with Crippen molar-refractivity contribution in [2.45, 2.75) is 212 Å². The Labute approximate surface area is 298 Å². The predicted octanol–water partition coefficient (Wildman–Crippen LogP) is 9.85. The summed E-state index contributed by atoms with van der Waals surface area (Å²) >= 11 is 0. The van der Waals surface area contributed by atoms with Crippen molar-refractivity contribution < 1.29 is 44.3 Å². The molecule has 0 spiro atoms. The third-order valence-electron chi connectivity index (χ3n) is 9.93. The molecule has 0 heterocycles. The molecule has 0 atom stereocenters. The number of hydrogen-bond acceptors (Lipinski definition) is 9. The van der Waals surface area contributed by atoms with Crippen LogP contribution in [0.5, 0.6) is 0 Å². The largest absolute Gasteiger partial charge is 0.395 e.